The Bertz CT molecular complexity index is 894. The van der Waals surface area contributed by atoms with Crippen LogP contribution in [-0.2, 0) is 4.74 Å². The van der Waals surface area contributed by atoms with Gasteiger partial charge in [0.05, 0.1) is 11.8 Å². The van der Waals surface area contributed by atoms with Gasteiger partial charge in [-0.3, -0.25) is 9.55 Å². The van der Waals surface area contributed by atoms with Crippen LogP contribution in [0.25, 0.3) is 17.1 Å². The Morgan fingerprint density at radius 1 is 1.23 bits per heavy atom. The van der Waals surface area contributed by atoms with Gasteiger partial charge in [-0.25, -0.2) is 0 Å². The van der Waals surface area contributed by atoms with Gasteiger partial charge in [0.2, 0.25) is 0 Å². The number of aromatic nitrogens is 4. The van der Waals surface area contributed by atoms with Gasteiger partial charge in [-0.2, -0.15) is 0 Å². The van der Waals surface area contributed by atoms with E-state index >= 15 is 0 Å². The largest absolute Gasteiger partial charge is 0.377 e. The minimum atomic E-state index is 0.287. The van der Waals surface area contributed by atoms with Crippen molar-refractivity contribution in [3.63, 3.8) is 0 Å². The molecule has 3 aromatic rings. The standard InChI is InChI=1S/C19H19ClN4OS/c1-13-16(20)5-2-6-17(13)24-18(14-7-9-21-10-8-14)22-23-19(24)26-12-15-4-3-11-25-15/h2,5-10,15H,3-4,11-12H2,1H3/t15-/m0/s1. The maximum Gasteiger partial charge on any atom is 0.196 e. The molecule has 1 aromatic carbocycles. The molecule has 7 heteroatoms. The highest BCUT2D eigenvalue weighted by molar-refractivity contribution is 7.99. The molecule has 0 radical (unpaired) electrons. The number of hydrogen-bond donors (Lipinski definition) is 0. The molecular formula is C19H19ClN4OS. The van der Waals surface area contributed by atoms with Crippen molar-refractivity contribution in [2.24, 2.45) is 0 Å². The van der Waals surface area contributed by atoms with E-state index in [0.29, 0.717) is 0 Å². The van der Waals surface area contributed by atoms with Crippen molar-refractivity contribution in [2.45, 2.75) is 31.0 Å². The minimum absolute atomic E-state index is 0.287. The van der Waals surface area contributed by atoms with Crippen LogP contribution in [0.5, 0.6) is 0 Å². The fourth-order valence-corrected chi connectivity index (χ4v) is 4.23. The molecule has 0 N–H and O–H groups in total. The average molecular weight is 387 g/mol. The lowest BCUT2D eigenvalue weighted by molar-refractivity contribution is 0.129. The molecule has 0 unspecified atom stereocenters. The van der Waals surface area contributed by atoms with Crippen molar-refractivity contribution < 1.29 is 4.74 Å². The van der Waals surface area contributed by atoms with E-state index in [0.717, 1.165) is 58.0 Å². The van der Waals surface area contributed by atoms with E-state index in [1.807, 2.05) is 37.3 Å². The minimum Gasteiger partial charge on any atom is -0.377 e. The highest BCUT2D eigenvalue weighted by Gasteiger charge is 2.21. The summed E-state index contributed by atoms with van der Waals surface area (Å²) in [6, 6.07) is 9.78. The molecule has 0 aliphatic carbocycles. The third-order valence-corrected chi connectivity index (χ3v) is 5.94. The van der Waals surface area contributed by atoms with Crippen molar-refractivity contribution in [2.75, 3.05) is 12.4 Å². The second-order valence-electron chi connectivity index (χ2n) is 6.21. The maximum atomic E-state index is 6.37. The summed E-state index contributed by atoms with van der Waals surface area (Å²) in [6.07, 6.45) is 6.05. The van der Waals surface area contributed by atoms with Crippen LogP contribution in [0.15, 0.2) is 47.9 Å². The molecule has 5 nitrogen and oxygen atoms in total. The van der Waals surface area contributed by atoms with Crippen molar-refractivity contribution in [1.29, 1.82) is 0 Å². The molecule has 0 bridgehead atoms. The lowest BCUT2D eigenvalue weighted by atomic mass is 10.2. The van der Waals surface area contributed by atoms with Gasteiger partial charge in [0.15, 0.2) is 11.0 Å². The molecule has 0 saturated carbocycles. The van der Waals surface area contributed by atoms with E-state index in [1.165, 1.54) is 0 Å². The molecule has 134 valence electrons. The summed E-state index contributed by atoms with van der Waals surface area (Å²) in [6.45, 7) is 2.87. The Hall–Kier alpha value is -1.89. The smallest absolute Gasteiger partial charge is 0.196 e. The van der Waals surface area contributed by atoms with Crippen LogP contribution in [-0.4, -0.2) is 38.2 Å². The van der Waals surface area contributed by atoms with Crippen LogP contribution < -0.4 is 0 Å². The third kappa shape index (κ3) is 3.49. The first-order valence-electron chi connectivity index (χ1n) is 8.60. The number of benzene rings is 1. The van der Waals surface area contributed by atoms with Gasteiger partial charge < -0.3 is 4.74 Å². The van der Waals surface area contributed by atoms with Gasteiger partial charge in [-0.05, 0) is 49.6 Å². The SMILES string of the molecule is Cc1c(Cl)cccc1-n1c(SC[C@@H]2CCCO2)nnc1-c1ccncc1. The Morgan fingerprint density at radius 2 is 2.08 bits per heavy atom. The summed E-state index contributed by atoms with van der Waals surface area (Å²) in [4.78, 5) is 4.10. The lowest BCUT2D eigenvalue weighted by Crippen LogP contribution is -2.09. The zero-order valence-electron chi connectivity index (χ0n) is 14.4. The van der Waals surface area contributed by atoms with Gasteiger partial charge >= 0.3 is 0 Å². The first-order valence-corrected chi connectivity index (χ1v) is 9.96. The van der Waals surface area contributed by atoms with E-state index in [-0.39, 0.29) is 6.10 Å². The molecule has 1 atom stereocenters. The first-order chi connectivity index (χ1) is 12.7. The topological polar surface area (TPSA) is 52.8 Å². The number of ether oxygens (including phenoxy) is 1. The predicted molar refractivity (Wildman–Crippen MR) is 104 cm³/mol. The zero-order chi connectivity index (χ0) is 17.9. The Morgan fingerprint density at radius 3 is 2.85 bits per heavy atom. The van der Waals surface area contributed by atoms with Crippen LogP contribution in [0.1, 0.15) is 18.4 Å². The zero-order valence-corrected chi connectivity index (χ0v) is 16.0. The monoisotopic (exact) mass is 386 g/mol. The molecule has 3 heterocycles. The van der Waals surface area contributed by atoms with E-state index in [4.69, 9.17) is 16.3 Å². The molecule has 2 aromatic heterocycles. The van der Waals surface area contributed by atoms with Crippen LogP contribution in [0.2, 0.25) is 5.02 Å². The van der Waals surface area contributed by atoms with Crippen molar-refractivity contribution >= 4 is 23.4 Å². The normalized spacial score (nSPS) is 16.9. The molecule has 26 heavy (non-hydrogen) atoms. The van der Waals surface area contributed by atoms with Gasteiger partial charge in [-0.15, -0.1) is 10.2 Å². The number of pyridine rings is 1. The third-order valence-electron chi connectivity index (χ3n) is 4.47. The van der Waals surface area contributed by atoms with Gasteiger partial charge in [0.1, 0.15) is 0 Å². The highest BCUT2D eigenvalue weighted by Crippen LogP contribution is 2.32. The van der Waals surface area contributed by atoms with Crippen molar-refractivity contribution in [1.82, 2.24) is 19.7 Å². The molecule has 1 fully saturated rings. The van der Waals surface area contributed by atoms with E-state index in [9.17, 15) is 0 Å². The lowest BCUT2D eigenvalue weighted by Gasteiger charge is -2.14. The molecule has 1 saturated heterocycles. The van der Waals surface area contributed by atoms with E-state index in [1.54, 1.807) is 24.2 Å². The Balaban J connectivity index is 1.76. The Kier molecular flexibility index (Phi) is 5.24. The quantitative estimate of drug-likeness (QED) is 0.601. The van der Waals surface area contributed by atoms with Crippen LogP contribution in [0.4, 0.5) is 0 Å². The summed E-state index contributed by atoms with van der Waals surface area (Å²) in [5, 5.41) is 10.5. The van der Waals surface area contributed by atoms with Gasteiger partial charge in [0, 0.05) is 35.3 Å². The summed E-state index contributed by atoms with van der Waals surface area (Å²) in [5.41, 5.74) is 2.96. The highest BCUT2D eigenvalue weighted by atomic mass is 35.5. The molecule has 4 rings (SSSR count). The summed E-state index contributed by atoms with van der Waals surface area (Å²) < 4.78 is 7.83. The second-order valence-corrected chi connectivity index (χ2v) is 7.60. The molecule has 0 amide bonds. The number of nitrogens with zero attached hydrogens (tertiary/aromatic N) is 4. The second kappa shape index (κ2) is 7.78. The number of rotatable bonds is 5. The number of halogens is 1. The van der Waals surface area contributed by atoms with Gasteiger partial charge in [-0.1, -0.05) is 29.4 Å². The molecule has 0 spiro atoms. The van der Waals surface area contributed by atoms with Crippen LogP contribution in [0, 0.1) is 6.92 Å². The van der Waals surface area contributed by atoms with Crippen LogP contribution in [0.3, 0.4) is 0 Å². The summed E-state index contributed by atoms with van der Waals surface area (Å²) >= 11 is 8.05. The van der Waals surface area contributed by atoms with Crippen molar-refractivity contribution in [3.05, 3.63) is 53.3 Å². The molecule has 1 aliphatic heterocycles. The van der Waals surface area contributed by atoms with E-state index in [2.05, 4.69) is 19.7 Å². The van der Waals surface area contributed by atoms with Crippen molar-refractivity contribution in [3.8, 4) is 17.1 Å². The number of thioether (sulfide) groups is 1. The fourth-order valence-electron chi connectivity index (χ4n) is 3.05. The summed E-state index contributed by atoms with van der Waals surface area (Å²) in [5.74, 6) is 1.65. The summed E-state index contributed by atoms with van der Waals surface area (Å²) in [7, 11) is 0. The molecular weight excluding hydrogens is 368 g/mol. The first kappa shape index (κ1) is 17.5. The predicted octanol–water partition coefficient (Wildman–Crippen LogP) is 4.56. The Labute approximate surface area is 161 Å². The number of hydrogen-bond acceptors (Lipinski definition) is 5. The van der Waals surface area contributed by atoms with Gasteiger partial charge in [0.25, 0.3) is 0 Å². The van der Waals surface area contributed by atoms with E-state index < -0.39 is 0 Å². The average Bonchev–Trinajstić information content (AvgIpc) is 3.32. The maximum absolute atomic E-state index is 6.37. The molecule has 1 aliphatic rings. The fraction of sp³-hybridized carbons (Fsp3) is 0.316. The van der Waals surface area contributed by atoms with Crippen LogP contribution >= 0.6 is 23.4 Å².